The minimum atomic E-state index is -0.477. The fraction of sp³-hybridized carbons (Fsp3) is 0.562. The van der Waals surface area contributed by atoms with Crippen LogP contribution in [-0.2, 0) is 4.79 Å². The Morgan fingerprint density at radius 3 is 2.60 bits per heavy atom. The van der Waals surface area contributed by atoms with Crippen LogP contribution in [0.25, 0.3) is 0 Å². The molecule has 112 valence electrons. The van der Waals surface area contributed by atoms with Gasteiger partial charge in [0.1, 0.15) is 5.75 Å². The van der Waals surface area contributed by atoms with Gasteiger partial charge in [0.2, 0.25) is 0 Å². The summed E-state index contributed by atoms with van der Waals surface area (Å²) in [5.41, 5.74) is 1.02. The maximum absolute atomic E-state index is 12.3. The normalized spacial score (nSPS) is 13.7. The summed E-state index contributed by atoms with van der Waals surface area (Å²) in [6, 6.07) is 7.68. The molecule has 0 aliphatic heterocycles. The van der Waals surface area contributed by atoms with Crippen LogP contribution in [0.2, 0.25) is 0 Å². The highest BCUT2D eigenvalue weighted by Gasteiger charge is 2.22. The summed E-state index contributed by atoms with van der Waals surface area (Å²) in [7, 11) is 1.74. The molecule has 1 amide bonds. The van der Waals surface area contributed by atoms with E-state index in [9.17, 15) is 9.90 Å². The van der Waals surface area contributed by atoms with Crippen LogP contribution in [0.4, 0.5) is 0 Å². The molecular weight excluding hydrogens is 254 g/mol. The lowest BCUT2D eigenvalue weighted by atomic mass is 10.2. The average molecular weight is 279 g/mol. The van der Waals surface area contributed by atoms with Gasteiger partial charge in [0, 0.05) is 13.6 Å². The summed E-state index contributed by atoms with van der Waals surface area (Å²) in [6.07, 6.45) is 0.313. The molecule has 2 unspecified atom stereocenters. The first-order valence-corrected chi connectivity index (χ1v) is 7.11. The highest BCUT2D eigenvalue weighted by Crippen LogP contribution is 2.19. The number of carbonyl (C=O) groups excluding carboxylic acids is 1. The van der Waals surface area contributed by atoms with Crippen molar-refractivity contribution in [3.63, 3.8) is 0 Å². The third-order valence-electron chi connectivity index (χ3n) is 3.27. The molecule has 1 rings (SSSR count). The van der Waals surface area contributed by atoms with Crippen molar-refractivity contribution in [1.82, 2.24) is 4.90 Å². The van der Waals surface area contributed by atoms with Crippen molar-refractivity contribution in [1.29, 1.82) is 0 Å². The van der Waals surface area contributed by atoms with Crippen molar-refractivity contribution < 1.29 is 14.6 Å². The third-order valence-corrected chi connectivity index (χ3v) is 3.27. The molecule has 0 spiro atoms. The lowest BCUT2D eigenvalue weighted by molar-refractivity contribution is -0.137. The molecule has 1 N–H and O–H groups in total. The van der Waals surface area contributed by atoms with E-state index < -0.39 is 12.2 Å². The smallest absolute Gasteiger partial charge is 0.263 e. The molecule has 2 atom stereocenters. The Kier molecular flexibility index (Phi) is 6.52. The summed E-state index contributed by atoms with van der Waals surface area (Å²) in [5, 5.41) is 9.28. The number of carbonyl (C=O) groups is 1. The highest BCUT2D eigenvalue weighted by molar-refractivity contribution is 5.81. The van der Waals surface area contributed by atoms with Gasteiger partial charge in [-0.05, 0) is 38.3 Å². The maximum atomic E-state index is 12.3. The van der Waals surface area contributed by atoms with Crippen LogP contribution in [0.5, 0.6) is 5.75 Å². The first kappa shape index (κ1) is 16.5. The van der Waals surface area contributed by atoms with E-state index in [1.165, 1.54) is 0 Å². The summed E-state index contributed by atoms with van der Waals surface area (Å²) < 4.78 is 5.83. The number of benzene rings is 1. The molecule has 0 aliphatic rings. The van der Waals surface area contributed by atoms with Gasteiger partial charge in [-0.2, -0.15) is 0 Å². The Balaban J connectivity index is 2.66. The van der Waals surface area contributed by atoms with E-state index in [2.05, 4.69) is 0 Å². The number of aliphatic hydroxyl groups is 1. The number of aryl methyl sites for hydroxylation is 1. The molecule has 0 heterocycles. The first-order valence-electron chi connectivity index (χ1n) is 7.11. The van der Waals surface area contributed by atoms with Gasteiger partial charge in [0.25, 0.3) is 5.91 Å². The molecule has 1 aromatic carbocycles. The standard InChI is InChI=1S/C16H25NO3/c1-5-14(16(19)17(4)11-10-13(3)18)20-15-9-7-6-8-12(15)2/h6-9,13-14,18H,5,10-11H2,1-4H3. The Morgan fingerprint density at radius 1 is 1.40 bits per heavy atom. The Hall–Kier alpha value is -1.55. The SMILES string of the molecule is CCC(Oc1ccccc1C)C(=O)N(C)CCC(C)O. The van der Waals surface area contributed by atoms with E-state index in [1.54, 1.807) is 18.9 Å². The van der Waals surface area contributed by atoms with Gasteiger partial charge in [-0.25, -0.2) is 0 Å². The van der Waals surface area contributed by atoms with E-state index >= 15 is 0 Å². The van der Waals surface area contributed by atoms with Crippen molar-refractivity contribution in [2.45, 2.75) is 45.8 Å². The fourth-order valence-electron chi connectivity index (χ4n) is 1.89. The zero-order valence-corrected chi connectivity index (χ0v) is 12.8. The molecule has 4 heteroatoms. The van der Waals surface area contributed by atoms with E-state index in [-0.39, 0.29) is 5.91 Å². The number of hydrogen-bond donors (Lipinski definition) is 1. The molecular formula is C16H25NO3. The second kappa shape index (κ2) is 7.90. The quantitative estimate of drug-likeness (QED) is 0.833. The third kappa shape index (κ3) is 4.85. The summed E-state index contributed by atoms with van der Waals surface area (Å²) in [5.74, 6) is 0.702. The van der Waals surface area contributed by atoms with Gasteiger partial charge in [-0.3, -0.25) is 4.79 Å². The van der Waals surface area contributed by atoms with Crippen molar-refractivity contribution in [3.05, 3.63) is 29.8 Å². The molecule has 0 radical (unpaired) electrons. The van der Waals surface area contributed by atoms with Crippen molar-refractivity contribution in [2.75, 3.05) is 13.6 Å². The Labute approximate surface area is 121 Å². The highest BCUT2D eigenvalue weighted by atomic mass is 16.5. The molecule has 1 aromatic rings. The van der Waals surface area contributed by atoms with Crippen LogP contribution < -0.4 is 4.74 Å². The van der Waals surface area contributed by atoms with Gasteiger partial charge < -0.3 is 14.7 Å². The van der Waals surface area contributed by atoms with Crippen molar-refractivity contribution in [3.8, 4) is 5.75 Å². The summed E-state index contributed by atoms with van der Waals surface area (Å²) in [6.45, 7) is 6.15. The maximum Gasteiger partial charge on any atom is 0.263 e. The average Bonchev–Trinajstić information content (AvgIpc) is 2.43. The summed E-state index contributed by atoms with van der Waals surface area (Å²) >= 11 is 0. The number of rotatable bonds is 7. The van der Waals surface area contributed by atoms with Gasteiger partial charge in [-0.15, -0.1) is 0 Å². The number of hydrogen-bond acceptors (Lipinski definition) is 3. The second-order valence-electron chi connectivity index (χ2n) is 5.18. The number of likely N-dealkylation sites (N-methyl/N-ethyl adjacent to an activating group) is 1. The molecule has 0 aromatic heterocycles. The summed E-state index contributed by atoms with van der Waals surface area (Å²) in [4.78, 5) is 13.9. The topological polar surface area (TPSA) is 49.8 Å². The Bertz CT molecular complexity index is 431. The number of para-hydroxylation sites is 1. The van der Waals surface area contributed by atoms with Crippen LogP contribution in [0.1, 0.15) is 32.3 Å². The van der Waals surface area contributed by atoms with Crippen LogP contribution >= 0.6 is 0 Å². The zero-order valence-electron chi connectivity index (χ0n) is 12.8. The molecule has 0 saturated heterocycles. The van der Waals surface area contributed by atoms with Gasteiger partial charge in [-0.1, -0.05) is 25.1 Å². The lowest BCUT2D eigenvalue weighted by Crippen LogP contribution is -2.40. The van der Waals surface area contributed by atoms with Crippen LogP contribution in [-0.4, -0.2) is 41.7 Å². The first-order chi connectivity index (χ1) is 9.45. The molecule has 0 aliphatic carbocycles. The Morgan fingerprint density at radius 2 is 2.05 bits per heavy atom. The number of nitrogens with zero attached hydrogens (tertiary/aromatic N) is 1. The fourth-order valence-corrected chi connectivity index (χ4v) is 1.89. The minimum absolute atomic E-state index is 0.0450. The lowest BCUT2D eigenvalue weighted by Gasteiger charge is -2.24. The predicted molar refractivity (Wildman–Crippen MR) is 79.8 cm³/mol. The van der Waals surface area contributed by atoms with Crippen LogP contribution in [0.15, 0.2) is 24.3 Å². The van der Waals surface area contributed by atoms with E-state index in [4.69, 9.17) is 4.74 Å². The van der Waals surface area contributed by atoms with Gasteiger partial charge >= 0.3 is 0 Å². The van der Waals surface area contributed by atoms with Crippen LogP contribution in [0, 0.1) is 6.92 Å². The zero-order chi connectivity index (χ0) is 15.1. The monoisotopic (exact) mass is 279 g/mol. The van der Waals surface area contributed by atoms with Crippen LogP contribution in [0.3, 0.4) is 0 Å². The predicted octanol–water partition coefficient (Wildman–Crippen LogP) is 2.38. The molecule has 0 bridgehead atoms. The van der Waals surface area contributed by atoms with Gasteiger partial charge in [0.05, 0.1) is 6.10 Å². The van der Waals surface area contributed by atoms with E-state index in [0.29, 0.717) is 19.4 Å². The molecule has 20 heavy (non-hydrogen) atoms. The van der Waals surface area contributed by atoms with E-state index in [1.807, 2.05) is 38.1 Å². The van der Waals surface area contributed by atoms with E-state index in [0.717, 1.165) is 11.3 Å². The minimum Gasteiger partial charge on any atom is -0.480 e. The number of aliphatic hydroxyl groups excluding tert-OH is 1. The molecule has 0 saturated carbocycles. The number of amides is 1. The van der Waals surface area contributed by atoms with Gasteiger partial charge in [0.15, 0.2) is 6.10 Å². The molecule has 4 nitrogen and oxygen atoms in total. The number of ether oxygens (including phenoxy) is 1. The largest absolute Gasteiger partial charge is 0.480 e. The van der Waals surface area contributed by atoms with Crippen molar-refractivity contribution >= 4 is 5.91 Å². The second-order valence-corrected chi connectivity index (χ2v) is 5.18. The van der Waals surface area contributed by atoms with Crippen molar-refractivity contribution in [2.24, 2.45) is 0 Å². The molecule has 0 fully saturated rings.